The van der Waals surface area contributed by atoms with Crippen molar-refractivity contribution in [2.75, 3.05) is 5.32 Å². The Morgan fingerprint density at radius 1 is 1.17 bits per heavy atom. The normalized spacial score (nSPS) is 10.7. The quantitative estimate of drug-likeness (QED) is 0.769. The van der Waals surface area contributed by atoms with Crippen LogP contribution in [0, 0.1) is 0 Å². The van der Waals surface area contributed by atoms with E-state index in [1.807, 2.05) is 24.5 Å². The highest BCUT2D eigenvalue weighted by atomic mass is 79.9. The molecule has 3 rings (SSSR count). The largest absolute Gasteiger partial charge is 0.379 e. The minimum absolute atomic E-state index is 0.725. The Morgan fingerprint density at radius 3 is 2.94 bits per heavy atom. The van der Waals surface area contributed by atoms with Crippen molar-refractivity contribution in [3.63, 3.8) is 0 Å². The van der Waals surface area contributed by atoms with Gasteiger partial charge in [-0.2, -0.15) is 0 Å². The van der Waals surface area contributed by atoms with Gasteiger partial charge in [-0.1, -0.05) is 0 Å². The fourth-order valence-electron chi connectivity index (χ4n) is 1.87. The lowest BCUT2D eigenvalue weighted by Crippen LogP contribution is -2.00. The summed E-state index contributed by atoms with van der Waals surface area (Å²) in [4.78, 5) is 7.51. The fourth-order valence-corrected chi connectivity index (χ4v) is 2.10. The van der Waals surface area contributed by atoms with Crippen LogP contribution in [0.15, 0.2) is 53.3 Å². The molecule has 2 N–H and O–H groups in total. The van der Waals surface area contributed by atoms with Crippen molar-refractivity contribution in [3.8, 4) is 0 Å². The average molecular weight is 302 g/mol. The predicted molar refractivity (Wildman–Crippen MR) is 77.6 cm³/mol. The summed E-state index contributed by atoms with van der Waals surface area (Å²) in [6.45, 7) is 0.725. The van der Waals surface area contributed by atoms with Crippen molar-refractivity contribution in [1.82, 2.24) is 9.97 Å². The first kappa shape index (κ1) is 11.3. The minimum Gasteiger partial charge on any atom is -0.379 e. The van der Waals surface area contributed by atoms with Crippen LogP contribution in [0.4, 0.5) is 5.69 Å². The van der Waals surface area contributed by atoms with Crippen molar-refractivity contribution in [3.05, 3.63) is 59.0 Å². The number of aromatic amines is 1. The van der Waals surface area contributed by atoms with Crippen LogP contribution in [0.3, 0.4) is 0 Å². The molecule has 0 atom stereocenters. The van der Waals surface area contributed by atoms with E-state index in [1.165, 1.54) is 5.39 Å². The Bertz CT molecular complexity index is 658. The van der Waals surface area contributed by atoms with Gasteiger partial charge in [-0.15, -0.1) is 0 Å². The molecule has 90 valence electrons. The summed E-state index contributed by atoms with van der Waals surface area (Å²) >= 11 is 3.38. The summed E-state index contributed by atoms with van der Waals surface area (Å²) < 4.78 is 1.000. The molecule has 18 heavy (non-hydrogen) atoms. The molecule has 0 radical (unpaired) electrons. The fraction of sp³-hybridized carbons (Fsp3) is 0.0714. The Hall–Kier alpha value is -1.81. The molecule has 0 saturated heterocycles. The van der Waals surface area contributed by atoms with Gasteiger partial charge in [0.25, 0.3) is 0 Å². The maximum absolute atomic E-state index is 4.33. The van der Waals surface area contributed by atoms with Gasteiger partial charge in [-0.05, 0) is 52.3 Å². The zero-order valence-corrected chi connectivity index (χ0v) is 11.2. The number of H-pyrrole nitrogens is 1. The molecule has 0 aliphatic rings. The highest BCUT2D eigenvalue weighted by Gasteiger charge is 1.98. The number of fused-ring (bicyclic) bond motifs is 1. The Morgan fingerprint density at radius 2 is 2.11 bits per heavy atom. The average Bonchev–Trinajstić information content (AvgIpc) is 2.85. The maximum Gasteiger partial charge on any atom is 0.0595 e. The molecule has 1 aromatic carbocycles. The molecule has 2 heterocycles. The third-order valence-corrected chi connectivity index (χ3v) is 3.28. The smallest absolute Gasteiger partial charge is 0.0595 e. The molecule has 0 amide bonds. The topological polar surface area (TPSA) is 40.7 Å². The monoisotopic (exact) mass is 301 g/mol. The van der Waals surface area contributed by atoms with E-state index >= 15 is 0 Å². The number of anilines is 1. The maximum atomic E-state index is 4.33. The molecule has 3 aromatic rings. The molecule has 3 nitrogen and oxygen atoms in total. The zero-order chi connectivity index (χ0) is 12.4. The van der Waals surface area contributed by atoms with Gasteiger partial charge in [0.05, 0.1) is 12.2 Å². The standard InChI is InChI=1S/C14H12BrN3/c15-11-1-2-13(17-8-11)9-18-12-3-4-14-10(7-12)5-6-16-14/h1-8,16,18H,9H2. The number of aromatic nitrogens is 2. The van der Waals surface area contributed by atoms with E-state index in [-0.39, 0.29) is 0 Å². The van der Waals surface area contributed by atoms with Gasteiger partial charge in [0.1, 0.15) is 0 Å². The van der Waals surface area contributed by atoms with Crippen LogP contribution in [0.5, 0.6) is 0 Å². The second-order valence-corrected chi connectivity index (χ2v) is 5.02. The summed E-state index contributed by atoms with van der Waals surface area (Å²) in [6, 6.07) is 12.3. The van der Waals surface area contributed by atoms with Gasteiger partial charge in [-0.3, -0.25) is 4.98 Å². The van der Waals surface area contributed by atoms with Crippen molar-refractivity contribution in [2.24, 2.45) is 0 Å². The molecule has 0 aliphatic heterocycles. The minimum atomic E-state index is 0.725. The molecule has 0 aliphatic carbocycles. The van der Waals surface area contributed by atoms with Gasteiger partial charge in [0.2, 0.25) is 0 Å². The lowest BCUT2D eigenvalue weighted by molar-refractivity contribution is 1.04. The third-order valence-electron chi connectivity index (χ3n) is 2.82. The predicted octanol–water partition coefficient (Wildman–Crippen LogP) is 3.94. The number of hydrogen-bond donors (Lipinski definition) is 2. The number of nitrogens with one attached hydrogen (secondary N) is 2. The zero-order valence-electron chi connectivity index (χ0n) is 9.65. The highest BCUT2D eigenvalue weighted by Crippen LogP contribution is 2.18. The Balaban J connectivity index is 1.74. The second kappa shape index (κ2) is 4.82. The first-order valence-electron chi connectivity index (χ1n) is 5.73. The first-order chi connectivity index (χ1) is 8.81. The molecule has 2 aromatic heterocycles. The van der Waals surface area contributed by atoms with E-state index in [1.54, 1.807) is 0 Å². The summed E-state index contributed by atoms with van der Waals surface area (Å²) in [5.41, 5.74) is 3.28. The van der Waals surface area contributed by atoms with Crippen molar-refractivity contribution >= 4 is 32.5 Å². The number of benzene rings is 1. The first-order valence-corrected chi connectivity index (χ1v) is 6.52. The van der Waals surface area contributed by atoms with Crippen LogP contribution < -0.4 is 5.32 Å². The lowest BCUT2D eigenvalue weighted by atomic mass is 10.2. The molecule has 0 unspecified atom stereocenters. The summed E-state index contributed by atoms with van der Waals surface area (Å²) in [5.74, 6) is 0. The third kappa shape index (κ3) is 2.38. The van der Waals surface area contributed by atoms with Crippen LogP contribution in [-0.2, 0) is 6.54 Å². The summed E-state index contributed by atoms with van der Waals surface area (Å²) in [5, 5.41) is 4.58. The van der Waals surface area contributed by atoms with Crippen LogP contribution in [0.25, 0.3) is 10.9 Å². The van der Waals surface area contributed by atoms with Gasteiger partial charge in [0.15, 0.2) is 0 Å². The number of nitrogens with zero attached hydrogens (tertiary/aromatic N) is 1. The van der Waals surface area contributed by atoms with E-state index in [0.29, 0.717) is 0 Å². The molecular formula is C14H12BrN3. The number of halogens is 1. The van der Waals surface area contributed by atoms with Crippen molar-refractivity contribution < 1.29 is 0 Å². The van der Waals surface area contributed by atoms with E-state index in [2.05, 4.69) is 55.5 Å². The van der Waals surface area contributed by atoms with E-state index < -0.39 is 0 Å². The van der Waals surface area contributed by atoms with Gasteiger partial charge in [0, 0.05) is 33.5 Å². The van der Waals surface area contributed by atoms with Crippen molar-refractivity contribution in [1.29, 1.82) is 0 Å². The van der Waals surface area contributed by atoms with Crippen LogP contribution in [-0.4, -0.2) is 9.97 Å². The number of rotatable bonds is 3. The lowest BCUT2D eigenvalue weighted by Gasteiger charge is -2.06. The summed E-state index contributed by atoms with van der Waals surface area (Å²) in [7, 11) is 0. The Kier molecular flexibility index (Phi) is 3.02. The van der Waals surface area contributed by atoms with Crippen LogP contribution >= 0.6 is 15.9 Å². The SMILES string of the molecule is Brc1ccc(CNc2ccc3[nH]ccc3c2)nc1. The molecule has 4 heteroatoms. The Labute approximate surface area is 113 Å². The van der Waals surface area contributed by atoms with Crippen molar-refractivity contribution in [2.45, 2.75) is 6.54 Å². The highest BCUT2D eigenvalue weighted by molar-refractivity contribution is 9.10. The van der Waals surface area contributed by atoms with Crippen LogP contribution in [0.1, 0.15) is 5.69 Å². The molecule has 0 fully saturated rings. The van der Waals surface area contributed by atoms with E-state index in [0.717, 1.165) is 27.9 Å². The van der Waals surface area contributed by atoms with E-state index in [4.69, 9.17) is 0 Å². The number of hydrogen-bond acceptors (Lipinski definition) is 2. The van der Waals surface area contributed by atoms with E-state index in [9.17, 15) is 0 Å². The second-order valence-electron chi connectivity index (χ2n) is 4.10. The molecule has 0 spiro atoms. The van der Waals surface area contributed by atoms with Gasteiger partial charge < -0.3 is 10.3 Å². The molecular weight excluding hydrogens is 290 g/mol. The molecule has 0 saturated carbocycles. The van der Waals surface area contributed by atoms with Gasteiger partial charge in [-0.25, -0.2) is 0 Å². The van der Waals surface area contributed by atoms with Crippen LogP contribution in [0.2, 0.25) is 0 Å². The van der Waals surface area contributed by atoms with Gasteiger partial charge >= 0.3 is 0 Å². The molecule has 0 bridgehead atoms. The summed E-state index contributed by atoms with van der Waals surface area (Å²) in [6.07, 6.45) is 3.76. The number of pyridine rings is 1.